The molecular weight excluding hydrogens is 385 g/mol. The van der Waals surface area contributed by atoms with Crippen molar-refractivity contribution in [3.8, 4) is 17.2 Å². The molecule has 1 unspecified atom stereocenters. The number of hydrogen-bond donors (Lipinski definition) is 1. The Morgan fingerprint density at radius 1 is 1.19 bits per heavy atom. The number of hydrogen-bond acceptors (Lipinski definition) is 3. The Morgan fingerprint density at radius 3 is 2.48 bits per heavy atom. The van der Waals surface area contributed by atoms with Gasteiger partial charge in [0.05, 0.1) is 10.6 Å². The molecular formula is C19H14ClF3O4. The average molecular weight is 399 g/mol. The second-order valence-electron chi connectivity index (χ2n) is 6.11. The largest absolute Gasteiger partial charge is 0.478 e. The molecule has 4 nitrogen and oxygen atoms in total. The Bertz CT molecular complexity index is 951. The summed E-state index contributed by atoms with van der Waals surface area (Å²) in [5.74, 6) is -1.25. The Morgan fingerprint density at radius 2 is 1.85 bits per heavy atom. The van der Waals surface area contributed by atoms with E-state index in [2.05, 4.69) is 0 Å². The quantitative estimate of drug-likeness (QED) is 0.737. The number of aryl methyl sites for hydroxylation is 2. The molecule has 0 bridgehead atoms. The minimum Gasteiger partial charge on any atom is -0.478 e. The van der Waals surface area contributed by atoms with E-state index in [9.17, 15) is 18.0 Å². The van der Waals surface area contributed by atoms with Crippen LogP contribution in [0.15, 0.2) is 35.9 Å². The average Bonchev–Trinajstić information content (AvgIpc) is 2.57. The summed E-state index contributed by atoms with van der Waals surface area (Å²) < 4.78 is 50.1. The summed E-state index contributed by atoms with van der Waals surface area (Å²) in [6.07, 6.45) is -6.47. The van der Waals surface area contributed by atoms with E-state index in [0.717, 1.165) is 17.2 Å². The van der Waals surface area contributed by atoms with E-state index in [1.54, 1.807) is 12.1 Å². The number of carboxylic acids is 1. The molecule has 0 saturated carbocycles. The van der Waals surface area contributed by atoms with Gasteiger partial charge >= 0.3 is 12.1 Å². The van der Waals surface area contributed by atoms with Gasteiger partial charge < -0.3 is 14.6 Å². The third-order valence-corrected chi connectivity index (χ3v) is 4.44. The van der Waals surface area contributed by atoms with Gasteiger partial charge in [0.2, 0.25) is 6.10 Å². The standard InChI is InChI=1S/C19H14ClF3O4/c1-9-5-14(20)16(6-10(9)2)26-12-4-3-11-7-13(18(24)25)17(19(21,22)23)27-15(11)8-12/h3-8,17H,1-2H3,(H,24,25). The van der Waals surface area contributed by atoms with Crippen LogP contribution in [-0.4, -0.2) is 23.4 Å². The number of benzene rings is 2. The number of fused-ring (bicyclic) bond motifs is 1. The lowest BCUT2D eigenvalue weighted by Gasteiger charge is -2.27. The van der Waals surface area contributed by atoms with Crippen LogP contribution < -0.4 is 9.47 Å². The maximum atomic E-state index is 13.2. The molecule has 0 saturated heterocycles. The molecule has 1 aliphatic heterocycles. The van der Waals surface area contributed by atoms with Crippen molar-refractivity contribution in [2.24, 2.45) is 0 Å². The predicted octanol–water partition coefficient (Wildman–Crippen LogP) is 5.54. The van der Waals surface area contributed by atoms with Crippen molar-refractivity contribution in [2.45, 2.75) is 26.1 Å². The first-order valence-electron chi connectivity index (χ1n) is 7.83. The molecule has 2 aromatic carbocycles. The summed E-state index contributed by atoms with van der Waals surface area (Å²) in [5.41, 5.74) is 1.25. The van der Waals surface area contributed by atoms with Gasteiger partial charge in [-0.25, -0.2) is 4.79 Å². The van der Waals surface area contributed by atoms with Crippen LogP contribution >= 0.6 is 11.6 Å². The highest BCUT2D eigenvalue weighted by atomic mass is 35.5. The van der Waals surface area contributed by atoms with Crippen LogP contribution in [0.4, 0.5) is 13.2 Å². The molecule has 0 amide bonds. The first kappa shape index (κ1) is 19.1. The normalized spacial score (nSPS) is 16.2. The third kappa shape index (κ3) is 3.88. The van der Waals surface area contributed by atoms with Crippen molar-refractivity contribution in [1.82, 2.24) is 0 Å². The van der Waals surface area contributed by atoms with Crippen molar-refractivity contribution in [2.75, 3.05) is 0 Å². The van der Waals surface area contributed by atoms with Gasteiger partial charge in [0.1, 0.15) is 17.2 Å². The highest BCUT2D eigenvalue weighted by molar-refractivity contribution is 6.32. The Labute approximate surface area is 157 Å². The molecule has 1 aliphatic rings. The first-order valence-corrected chi connectivity index (χ1v) is 8.21. The fourth-order valence-electron chi connectivity index (χ4n) is 2.61. The van der Waals surface area contributed by atoms with Crippen LogP contribution in [-0.2, 0) is 4.79 Å². The van der Waals surface area contributed by atoms with Gasteiger partial charge in [0.25, 0.3) is 0 Å². The predicted molar refractivity (Wildman–Crippen MR) is 93.5 cm³/mol. The van der Waals surface area contributed by atoms with Crippen molar-refractivity contribution >= 4 is 23.6 Å². The number of rotatable bonds is 3. The number of aliphatic carboxylic acids is 1. The van der Waals surface area contributed by atoms with Crippen LogP contribution in [0, 0.1) is 13.8 Å². The van der Waals surface area contributed by atoms with Crippen LogP contribution in [0.3, 0.4) is 0 Å². The van der Waals surface area contributed by atoms with Crippen molar-refractivity contribution in [1.29, 1.82) is 0 Å². The SMILES string of the molecule is Cc1cc(Cl)c(Oc2ccc3c(c2)OC(C(F)(F)F)C(C(=O)O)=C3)cc1C. The minimum absolute atomic E-state index is 0.125. The Hall–Kier alpha value is -2.67. The van der Waals surface area contributed by atoms with Gasteiger partial charge in [-0.05, 0) is 55.3 Å². The molecule has 2 aromatic rings. The zero-order chi connectivity index (χ0) is 19.9. The van der Waals surface area contributed by atoms with Crippen LogP contribution in [0.5, 0.6) is 17.2 Å². The number of halogens is 4. The number of alkyl halides is 3. The highest BCUT2D eigenvalue weighted by Crippen LogP contribution is 2.40. The van der Waals surface area contributed by atoms with Gasteiger partial charge in [0.15, 0.2) is 0 Å². The molecule has 0 aliphatic carbocycles. The number of ether oxygens (including phenoxy) is 2. The second-order valence-corrected chi connectivity index (χ2v) is 6.52. The molecule has 0 radical (unpaired) electrons. The third-order valence-electron chi connectivity index (χ3n) is 4.14. The monoisotopic (exact) mass is 398 g/mol. The lowest BCUT2D eigenvalue weighted by molar-refractivity contribution is -0.187. The van der Waals surface area contributed by atoms with Crippen molar-refractivity contribution in [3.63, 3.8) is 0 Å². The molecule has 1 atom stereocenters. The topological polar surface area (TPSA) is 55.8 Å². The minimum atomic E-state index is -4.86. The van der Waals surface area contributed by atoms with Gasteiger partial charge in [-0.2, -0.15) is 13.2 Å². The summed E-state index contributed by atoms with van der Waals surface area (Å²) in [6, 6.07) is 7.64. The fraction of sp³-hybridized carbons (Fsp3) is 0.211. The zero-order valence-electron chi connectivity index (χ0n) is 14.2. The van der Waals surface area contributed by atoms with E-state index in [4.69, 9.17) is 26.2 Å². The maximum absolute atomic E-state index is 13.2. The van der Waals surface area contributed by atoms with E-state index in [0.29, 0.717) is 10.8 Å². The molecule has 0 fully saturated rings. The van der Waals surface area contributed by atoms with E-state index in [-0.39, 0.29) is 17.1 Å². The zero-order valence-corrected chi connectivity index (χ0v) is 15.0. The fourth-order valence-corrected chi connectivity index (χ4v) is 2.87. The van der Waals surface area contributed by atoms with Gasteiger partial charge in [-0.15, -0.1) is 0 Å². The van der Waals surface area contributed by atoms with Gasteiger partial charge in [0, 0.05) is 11.6 Å². The second kappa shape index (κ2) is 6.81. The van der Waals surface area contributed by atoms with Crippen LogP contribution in [0.2, 0.25) is 5.02 Å². The molecule has 0 spiro atoms. The Balaban J connectivity index is 1.97. The summed E-state index contributed by atoms with van der Waals surface area (Å²) >= 11 is 6.15. The van der Waals surface area contributed by atoms with Crippen molar-refractivity contribution < 1.29 is 32.5 Å². The van der Waals surface area contributed by atoms with Gasteiger partial charge in [-0.1, -0.05) is 11.6 Å². The van der Waals surface area contributed by atoms with Gasteiger partial charge in [-0.3, -0.25) is 0 Å². The molecule has 3 rings (SSSR count). The first-order chi connectivity index (χ1) is 12.6. The molecule has 8 heteroatoms. The molecule has 0 aromatic heterocycles. The smallest absolute Gasteiger partial charge is 0.430 e. The Kier molecular flexibility index (Phi) is 4.82. The lowest BCUT2D eigenvalue weighted by Crippen LogP contribution is -2.40. The number of carbonyl (C=O) groups is 1. The molecule has 142 valence electrons. The van der Waals surface area contributed by atoms with Crippen LogP contribution in [0.1, 0.15) is 16.7 Å². The lowest BCUT2D eigenvalue weighted by atomic mass is 10.0. The highest BCUT2D eigenvalue weighted by Gasteiger charge is 2.48. The molecule has 27 heavy (non-hydrogen) atoms. The summed E-state index contributed by atoms with van der Waals surface area (Å²) in [7, 11) is 0. The maximum Gasteiger partial charge on any atom is 0.430 e. The summed E-state index contributed by atoms with van der Waals surface area (Å²) in [4.78, 5) is 11.1. The molecule has 1 N–H and O–H groups in total. The van der Waals surface area contributed by atoms with E-state index < -0.39 is 23.8 Å². The van der Waals surface area contributed by atoms with E-state index in [1.807, 2.05) is 13.8 Å². The van der Waals surface area contributed by atoms with E-state index >= 15 is 0 Å². The summed E-state index contributed by atoms with van der Waals surface area (Å²) in [6.45, 7) is 3.77. The summed E-state index contributed by atoms with van der Waals surface area (Å²) in [5, 5.41) is 9.40. The van der Waals surface area contributed by atoms with Crippen LogP contribution in [0.25, 0.3) is 6.08 Å². The van der Waals surface area contributed by atoms with Crippen molar-refractivity contribution in [3.05, 3.63) is 57.6 Å². The molecule has 1 heterocycles. The van der Waals surface area contributed by atoms with E-state index in [1.165, 1.54) is 18.2 Å². The number of carboxylic acid groups (broad SMARTS) is 1.